The molecule has 0 spiro atoms. The fourth-order valence-electron chi connectivity index (χ4n) is 1.67. The number of methoxy groups -OCH3 is 1. The maximum Gasteiger partial charge on any atom is 0.184 e. The van der Waals surface area contributed by atoms with Crippen LogP contribution >= 0.6 is 0 Å². The molecule has 2 N–H and O–H groups in total. The van der Waals surface area contributed by atoms with Gasteiger partial charge in [-0.15, -0.1) is 0 Å². The lowest BCUT2D eigenvalue weighted by Crippen LogP contribution is -2.18. The molecule has 1 rings (SSSR count). The van der Waals surface area contributed by atoms with Crippen molar-refractivity contribution in [1.29, 1.82) is 5.26 Å². The first-order valence-corrected chi connectivity index (χ1v) is 6.09. The number of nitrogens with zero attached hydrogens (tertiary/aromatic N) is 1. The Kier molecular flexibility index (Phi) is 5.47. The first-order chi connectivity index (χ1) is 8.60. The van der Waals surface area contributed by atoms with E-state index in [0.29, 0.717) is 17.9 Å². The third kappa shape index (κ3) is 3.94. The lowest BCUT2D eigenvalue weighted by Gasteiger charge is -2.15. The highest BCUT2D eigenvalue weighted by Crippen LogP contribution is 2.29. The molecule has 18 heavy (non-hydrogen) atoms. The molecule has 98 valence electrons. The Morgan fingerprint density at radius 1 is 1.39 bits per heavy atom. The van der Waals surface area contributed by atoms with Gasteiger partial charge in [-0.25, -0.2) is 0 Å². The molecule has 1 aromatic rings. The van der Waals surface area contributed by atoms with Crippen molar-refractivity contribution in [3.05, 3.63) is 23.8 Å². The molecule has 0 bridgehead atoms. The Hall–Kier alpha value is -1.73. The number of hydrogen-bond donors (Lipinski definition) is 1. The predicted octanol–water partition coefficient (Wildman–Crippen LogP) is 2.27. The van der Waals surface area contributed by atoms with E-state index in [1.165, 1.54) is 0 Å². The van der Waals surface area contributed by atoms with Crippen molar-refractivity contribution in [1.82, 2.24) is 0 Å². The summed E-state index contributed by atoms with van der Waals surface area (Å²) in [5.41, 5.74) is 6.85. The largest absolute Gasteiger partial charge is 0.493 e. The molecule has 1 aromatic carbocycles. The second-order valence-electron chi connectivity index (χ2n) is 4.31. The van der Waals surface area contributed by atoms with Crippen LogP contribution in [0.25, 0.3) is 0 Å². The zero-order chi connectivity index (χ0) is 13.5. The molecule has 0 radical (unpaired) electrons. The molecular weight excluding hydrogens is 228 g/mol. The molecule has 0 fully saturated rings. The van der Waals surface area contributed by atoms with Crippen LogP contribution in [-0.4, -0.2) is 19.3 Å². The maximum absolute atomic E-state index is 8.93. The van der Waals surface area contributed by atoms with Crippen LogP contribution in [0.1, 0.15) is 25.8 Å². The van der Waals surface area contributed by atoms with Gasteiger partial charge < -0.3 is 15.2 Å². The summed E-state index contributed by atoms with van der Waals surface area (Å²) in [7, 11) is 1.58. The zero-order valence-corrected chi connectivity index (χ0v) is 11.1. The molecule has 2 atom stereocenters. The van der Waals surface area contributed by atoms with Gasteiger partial charge in [0.05, 0.1) is 7.11 Å². The normalized spacial score (nSPS) is 13.5. The molecule has 0 amide bonds. The van der Waals surface area contributed by atoms with Crippen LogP contribution in [0.15, 0.2) is 18.2 Å². The number of rotatable bonds is 6. The van der Waals surface area contributed by atoms with E-state index in [2.05, 4.69) is 6.07 Å². The first-order valence-electron chi connectivity index (χ1n) is 6.09. The van der Waals surface area contributed by atoms with E-state index in [9.17, 15) is 0 Å². The molecule has 0 aliphatic rings. The van der Waals surface area contributed by atoms with Gasteiger partial charge in [0.2, 0.25) is 0 Å². The van der Waals surface area contributed by atoms with Gasteiger partial charge in [0, 0.05) is 6.04 Å². The molecule has 0 aliphatic carbocycles. The van der Waals surface area contributed by atoms with Gasteiger partial charge in [0.1, 0.15) is 6.07 Å². The third-order valence-electron chi connectivity index (χ3n) is 2.57. The minimum atomic E-state index is -0.454. The SMILES string of the molecule is CCC(C#N)Oc1cc(CC(C)N)ccc1OC. The summed E-state index contributed by atoms with van der Waals surface area (Å²) in [5.74, 6) is 1.24. The summed E-state index contributed by atoms with van der Waals surface area (Å²) in [6, 6.07) is 7.89. The Morgan fingerprint density at radius 3 is 2.61 bits per heavy atom. The average molecular weight is 248 g/mol. The maximum atomic E-state index is 8.93. The van der Waals surface area contributed by atoms with Gasteiger partial charge in [-0.3, -0.25) is 0 Å². The third-order valence-corrected chi connectivity index (χ3v) is 2.57. The van der Waals surface area contributed by atoms with Crippen molar-refractivity contribution in [3.8, 4) is 17.6 Å². The molecular formula is C14H20N2O2. The quantitative estimate of drug-likeness (QED) is 0.838. The topological polar surface area (TPSA) is 68.3 Å². The number of nitriles is 1. The van der Waals surface area contributed by atoms with Crippen LogP contribution in [0.3, 0.4) is 0 Å². The van der Waals surface area contributed by atoms with E-state index in [4.69, 9.17) is 20.5 Å². The van der Waals surface area contributed by atoms with E-state index in [1.54, 1.807) is 7.11 Å². The fourth-order valence-corrected chi connectivity index (χ4v) is 1.67. The second kappa shape index (κ2) is 6.87. The number of hydrogen-bond acceptors (Lipinski definition) is 4. The van der Waals surface area contributed by atoms with Crippen molar-refractivity contribution in [3.63, 3.8) is 0 Å². The number of benzene rings is 1. The van der Waals surface area contributed by atoms with E-state index in [0.717, 1.165) is 12.0 Å². The molecule has 0 saturated carbocycles. The van der Waals surface area contributed by atoms with E-state index < -0.39 is 6.10 Å². The Labute approximate surface area is 108 Å². The summed E-state index contributed by atoms with van der Waals surface area (Å²) in [5, 5.41) is 8.93. The van der Waals surface area contributed by atoms with Crippen LogP contribution in [-0.2, 0) is 6.42 Å². The molecule has 4 nitrogen and oxygen atoms in total. The van der Waals surface area contributed by atoms with Crippen LogP contribution in [0.5, 0.6) is 11.5 Å². The number of nitrogens with two attached hydrogens (primary N) is 1. The smallest absolute Gasteiger partial charge is 0.184 e. The molecule has 0 aliphatic heterocycles. The number of ether oxygens (including phenoxy) is 2. The summed E-state index contributed by atoms with van der Waals surface area (Å²) >= 11 is 0. The molecule has 4 heteroatoms. The van der Waals surface area contributed by atoms with Crippen molar-refractivity contribution in [2.75, 3.05) is 7.11 Å². The van der Waals surface area contributed by atoms with Gasteiger partial charge in [-0.05, 0) is 37.5 Å². The van der Waals surface area contributed by atoms with E-state index in [1.807, 2.05) is 32.0 Å². The van der Waals surface area contributed by atoms with Crippen molar-refractivity contribution >= 4 is 0 Å². The van der Waals surface area contributed by atoms with Crippen LogP contribution < -0.4 is 15.2 Å². The van der Waals surface area contributed by atoms with Crippen LogP contribution in [0, 0.1) is 11.3 Å². The van der Waals surface area contributed by atoms with Crippen molar-refractivity contribution in [2.24, 2.45) is 5.73 Å². The molecule has 0 saturated heterocycles. The zero-order valence-electron chi connectivity index (χ0n) is 11.1. The Morgan fingerprint density at radius 2 is 2.11 bits per heavy atom. The standard InChI is InChI=1S/C14H20N2O2/c1-4-12(9-15)18-14-8-11(7-10(2)16)5-6-13(14)17-3/h5-6,8,10,12H,4,7,16H2,1-3H3. The van der Waals surface area contributed by atoms with Gasteiger partial charge >= 0.3 is 0 Å². The van der Waals surface area contributed by atoms with Crippen molar-refractivity contribution in [2.45, 2.75) is 38.8 Å². The molecule has 2 unspecified atom stereocenters. The minimum Gasteiger partial charge on any atom is -0.493 e. The minimum absolute atomic E-state index is 0.0872. The van der Waals surface area contributed by atoms with Gasteiger partial charge in [-0.1, -0.05) is 13.0 Å². The lowest BCUT2D eigenvalue weighted by atomic mass is 10.1. The van der Waals surface area contributed by atoms with E-state index >= 15 is 0 Å². The van der Waals surface area contributed by atoms with Crippen LogP contribution in [0.2, 0.25) is 0 Å². The van der Waals surface area contributed by atoms with Gasteiger partial charge in [-0.2, -0.15) is 5.26 Å². The van der Waals surface area contributed by atoms with Gasteiger partial charge in [0.25, 0.3) is 0 Å². The van der Waals surface area contributed by atoms with Crippen molar-refractivity contribution < 1.29 is 9.47 Å². The first kappa shape index (κ1) is 14.3. The van der Waals surface area contributed by atoms with Gasteiger partial charge in [0.15, 0.2) is 17.6 Å². The Bertz CT molecular complexity index is 424. The summed E-state index contributed by atoms with van der Waals surface area (Å²) in [6.45, 7) is 3.86. The highest BCUT2D eigenvalue weighted by Gasteiger charge is 2.12. The summed E-state index contributed by atoms with van der Waals surface area (Å²) in [4.78, 5) is 0. The average Bonchev–Trinajstić information content (AvgIpc) is 2.35. The van der Waals surface area contributed by atoms with Crippen LogP contribution in [0.4, 0.5) is 0 Å². The summed E-state index contributed by atoms with van der Waals surface area (Å²) in [6.07, 6.45) is 0.949. The highest BCUT2D eigenvalue weighted by molar-refractivity contribution is 5.43. The lowest BCUT2D eigenvalue weighted by molar-refractivity contribution is 0.238. The molecule has 0 aromatic heterocycles. The molecule has 0 heterocycles. The second-order valence-corrected chi connectivity index (χ2v) is 4.31. The predicted molar refractivity (Wildman–Crippen MR) is 70.7 cm³/mol. The fraction of sp³-hybridized carbons (Fsp3) is 0.500. The highest BCUT2D eigenvalue weighted by atomic mass is 16.5. The Balaban J connectivity index is 2.95. The monoisotopic (exact) mass is 248 g/mol. The summed E-state index contributed by atoms with van der Waals surface area (Å²) < 4.78 is 10.9. The van der Waals surface area contributed by atoms with E-state index in [-0.39, 0.29) is 6.04 Å².